The summed E-state index contributed by atoms with van der Waals surface area (Å²) in [6.07, 6.45) is 2.04. The van der Waals surface area contributed by atoms with Crippen LogP contribution in [0.25, 0.3) is 0 Å². The second kappa shape index (κ2) is 16.6. The quantitative estimate of drug-likeness (QED) is 0.440. The van der Waals surface area contributed by atoms with Gasteiger partial charge in [-0.3, -0.25) is 0 Å². The van der Waals surface area contributed by atoms with Crippen molar-refractivity contribution in [1.82, 2.24) is 0 Å². The minimum Gasteiger partial charge on any atom is -0.550 e. The minimum absolute atomic E-state index is 0. The fraction of sp³-hybridized carbons (Fsp3) is 0.833. The van der Waals surface area contributed by atoms with Gasteiger partial charge in [-0.1, -0.05) is 13.3 Å². The largest absolute Gasteiger partial charge is 1.00 e. The maximum atomic E-state index is 8.89. The Morgan fingerprint density at radius 1 is 1.60 bits per heavy atom. The molecule has 0 aliphatic rings. The van der Waals surface area contributed by atoms with Crippen molar-refractivity contribution in [2.24, 2.45) is 0 Å². The molecule has 0 aromatic rings. The van der Waals surface area contributed by atoms with Crippen molar-refractivity contribution in [2.45, 2.75) is 26.7 Å². The standard InChI is InChI=1S/C4H10O.C2H4O2.K/c1-2-3-4-5;1-2(3)4;/h5H,2-4H2,1H3;1H3,(H,3,4);/q;;+1/p-1. The Morgan fingerprint density at radius 3 is 1.90 bits per heavy atom. The third-order valence-corrected chi connectivity index (χ3v) is 0.512. The van der Waals surface area contributed by atoms with E-state index in [9.17, 15) is 0 Å². The summed E-state index contributed by atoms with van der Waals surface area (Å²) in [5.74, 6) is -1.08. The van der Waals surface area contributed by atoms with Crippen LogP contribution in [0.4, 0.5) is 0 Å². The van der Waals surface area contributed by atoms with Crippen molar-refractivity contribution in [3.63, 3.8) is 0 Å². The van der Waals surface area contributed by atoms with Crippen molar-refractivity contribution in [2.75, 3.05) is 6.61 Å². The number of unbranched alkanes of at least 4 members (excludes halogenated alkanes) is 1. The fourth-order valence-corrected chi connectivity index (χ4v) is 0.158. The Bertz CT molecular complexity index is 60.0. The number of hydrogen-bond donors (Lipinski definition) is 1. The Hall–Kier alpha value is 1.07. The van der Waals surface area contributed by atoms with Crippen molar-refractivity contribution in [3.05, 3.63) is 0 Å². The summed E-state index contributed by atoms with van der Waals surface area (Å²) < 4.78 is 0. The van der Waals surface area contributed by atoms with Crippen molar-refractivity contribution in [3.8, 4) is 0 Å². The van der Waals surface area contributed by atoms with Gasteiger partial charge in [0.15, 0.2) is 0 Å². The van der Waals surface area contributed by atoms with Gasteiger partial charge in [-0.25, -0.2) is 0 Å². The van der Waals surface area contributed by atoms with Crippen LogP contribution in [0.15, 0.2) is 0 Å². The van der Waals surface area contributed by atoms with E-state index in [0.717, 1.165) is 19.8 Å². The number of carboxylic acid groups (broad SMARTS) is 1. The van der Waals surface area contributed by atoms with Gasteiger partial charge in [0, 0.05) is 12.6 Å². The number of hydrogen-bond acceptors (Lipinski definition) is 3. The summed E-state index contributed by atoms with van der Waals surface area (Å²) in [4.78, 5) is 8.89. The molecule has 0 spiro atoms. The van der Waals surface area contributed by atoms with E-state index in [1.165, 1.54) is 0 Å². The van der Waals surface area contributed by atoms with E-state index in [2.05, 4.69) is 6.92 Å². The molecule has 0 unspecified atom stereocenters. The molecule has 3 nitrogen and oxygen atoms in total. The molecular formula is C6H13KO3. The summed E-state index contributed by atoms with van der Waals surface area (Å²) >= 11 is 0. The zero-order chi connectivity index (χ0) is 7.70. The first-order valence-corrected chi connectivity index (χ1v) is 2.93. The van der Waals surface area contributed by atoms with E-state index in [-0.39, 0.29) is 51.4 Å². The van der Waals surface area contributed by atoms with E-state index < -0.39 is 5.97 Å². The smallest absolute Gasteiger partial charge is 0.550 e. The van der Waals surface area contributed by atoms with Gasteiger partial charge >= 0.3 is 51.4 Å². The van der Waals surface area contributed by atoms with Gasteiger partial charge in [-0.05, 0) is 13.3 Å². The average molecular weight is 172 g/mol. The first-order valence-electron chi connectivity index (χ1n) is 2.93. The van der Waals surface area contributed by atoms with Crippen LogP contribution in [-0.2, 0) is 4.79 Å². The van der Waals surface area contributed by atoms with Crippen LogP contribution in [0, 0.1) is 0 Å². The summed E-state index contributed by atoms with van der Waals surface area (Å²) in [5, 5.41) is 17.0. The normalized spacial score (nSPS) is 6.70. The van der Waals surface area contributed by atoms with Crippen LogP contribution in [0.5, 0.6) is 0 Å². The zero-order valence-electron chi connectivity index (χ0n) is 6.89. The van der Waals surface area contributed by atoms with Crippen molar-refractivity contribution in [1.29, 1.82) is 0 Å². The number of aliphatic carboxylic acids is 1. The van der Waals surface area contributed by atoms with Crippen LogP contribution >= 0.6 is 0 Å². The van der Waals surface area contributed by atoms with Gasteiger partial charge < -0.3 is 15.0 Å². The number of carbonyl (C=O) groups excluding carboxylic acids is 1. The molecule has 0 heterocycles. The second-order valence-corrected chi connectivity index (χ2v) is 1.57. The third kappa shape index (κ3) is 62.7. The van der Waals surface area contributed by atoms with E-state index >= 15 is 0 Å². The molecule has 10 heavy (non-hydrogen) atoms. The van der Waals surface area contributed by atoms with Crippen molar-refractivity contribution >= 4 is 5.97 Å². The van der Waals surface area contributed by atoms with Crippen LogP contribution in [0.3, 0.4) is 0 Å². The molecule has 0 radical (unpaired) electrons. The maximum absolute atomic E-state index is 8.89. The molecule has 56 valence electrons. The first kappa shape index (κ1) is 17.2. The fourth-order valence-electron chi connectivity index (χ4n) is 0.158. The number of carboxylic acids is 1. The van der Waals surface area contributed by atoms with Crippen LogP contribution in [-0.4, -0.2) is 17.7 Å². The van der Waals surface area contributed by atoms with E-state index in [1.807, 2.05) is 0 Å². The van der Waals surface area contributed by atoms with Gasteiger partial charge in [-0.2, -0.15) is 0 Å². The van der Waals surface area contributed by atoms with E-state index in [1.54, 1.807) is 0 Å². The topological polar surface area (TPSA) is 60.4 Å². The molecule has 0 saturated carbocycles. The molecule has 0 aliphatic carbocycles. The molecule has 0 aromatic heterocycles. The van der Waals surface area contributed by atoms with Crippen LogP contribution in [0.2, 0.25) is 0 Å². The number of rotatable bonds is 2. The molecule has 0 saturated heterocycles. The van der Waals surface area contributed by atoms with Crippen LogP contribution < -0.4 is 56.5 Å². The maximum Gasteiger partial charge on any atom is 1.00 e. The molecule has 0 amide bonds. The summed E-state index contributed by atoms with van der Waals surface area (Å²) in [5.41, 5.74) is 0. The van der Waals surface area contributed by atoms with Crippen LogP contribution in [0.1, 0.15) is 26.7 Å². The summed E-state index contributed by atoms with van der Waals surface area (Å²) in [6.45, 7) is 3.37. The van der Waals surface area contributed by atoms with Gasteiger partial charge in [0.05, 0.1) is 0 Å². The summed E-state index contributed by atoms with van der Waals surface area (Å²) in [7, 11) is 0. The predicted octanol–water partition coefficient (Wildman–Crippen LogP) is -3.46. The zero-order valence-corrected chi connectivity index (χ0v) is 10.0. The van der Waals surface area contributed by atoms with Gasteiger partial charge in [0.1, 0.15) is 0 Å². The molecular weight excluding hydrogens is 159 g/mol. The summed E-state index contributed by atoms with van der Waals surface area (Å²) in [6, 6.07) is 0. The molecule has 4 heteroatoms. The van der Waals surface area contributed by atoms with Gasteiger partial charge in [-0.15, -0.1) is 0 Å². The molecule has 0 atom stereocenters. The van der Waals surface area contributed by atoms with Gasteiger partial charge in [0.25, 0.3) is 0 Å². The van der Waals surface area contributed by atoms with E-state index in [0.29, 0.717) is 6.61 Å². The Balaban J connectivity index is -0.0000000910. The molecule has 1 N–H and O–H groups in total. The first-order chi connectivity index (χ1) is 4.15. The van der Waals surface area contributed by atoms with Gasteiger partial charge in [0.2, 0.25) is 0 Å². The Morgan fingerprint density at radius 2 is 1.90 bits per heavy atom. The monoisotopic (exact) mass is 172 g/mol. The Labute approximate surface area is 104 Å². The average Bonchev–Trinajstić information content (AvgIpc) is 1.66. The molecule has 0 aliphatic heterocycles. The molecule has 0 fully saturated rings. The molecule has 0 bridgehead atoms. The predicted molar refractivity (Wildman–Crippen MR) is 32.7 cm³/mol. The number of aliphatic hydroxyl groups excluding tert-OH is 1. The van der Waals surface area contributed by atoms with Crippen molar-refractivity contribution < 1.29 is 66.4 Å². The second-order valence-electron chi connectivity index (χ2n) is 1.57. The Kier molecular flexibility index (Phi) is 28.6. The SMILES string of the molecule is CC(=O)[O-].CCCCO.[K+]. The molecule has 0 aromatic carbocycles. The minimum atomic E-state index is -1.08. The van der Waals surface area contributed by atoms with E-state index in [4.69, 9.17) is 15.0 Å². The molecule has 0 rings (SSSR count). The number of carbonyl (C=O) groups is 1. The third-order valence-electron chi connectivity index (χ3n) is 0.512. The number of aliphatic hydroxyl groups is 1.